The molecule has 3 atom stereocenters. The van der Waals surface area contributed by atoms with E-state index in [4.69, 9.17) is 11.5 Å². The van der Waals surface area contributed by atoms with Crippen LogP contribution < -0.4 is 5.32 Å². The van der Waals surface area contributed by atoms with E-state index in [0.29, 0.717) is 19.3 Å². The van der Waals surface area contributed by atoms with Crippen LogP contribution in [0.5, 0.6) is 0 Å². The average molecular weight is 716 g/mol. The number of carbonyl (C=O) groups excluding carboxylic acids is 2. The smallest absolute Gasteiger partial charge is 0.306 e. The number of esters is 1. The molecule has 48 heavy (non-hydrogen) atoms. The quantitative estimate of drug-likeness (QED) is 0.0225. The van der Waals surface area contributed by atoms with Crippen molar-refractivity contribution in [2.75, 3.05) is 6.61 Å². The number of amides is 1. The second-order valence-corrected chi connectivity index (χ2v) is 15.8. The normalized spacial score (nSPS) is 13.8. The number of nitrogens with one attached hydrogen (secondary N) is 1. The monoisotopic (exact) mass is 716 g/mol. The van der Waals surface area contributed by atoms with E-state index >= 15 is 0 Å². The third-order valence-corrected chi connectivity index (χ3v) is 10.4. The molecule has 0 heterocycles. The maximum absolute atomic E-state index is 13.2. The molecule has 0 aromatic rings. The Morgan fingerprint density at radius 1 is 0.646 bits per heavy atom. The second-order valence-electron chi connectivity index (χ2n) is 14.1. The van der Waals surface area contributed by atoms with E-state index in [1.165, 1.54) is 141 Å². The van der Waals surface area contributed by atoms with Crippen molar-refractivity contribution in [2.45, 2.75) is 238 Å². The molecule has 0 aliphatic carbocycles. The van der Waals surface area contributed by atoms with Gasteiger partial charge in [0.1, 0.15) is 13.6 Å². The molecular formula is C40H80BNO4PS. The zero-order chi connectivity index (χ0) is 36.8. The Balaban J connectivity index is 4.97. The summed E-state index contributed by atoms with van der Waals surface area (Å²) in [5.41, 5.74) is 0. The van der Waals surface area contributed by atoms with Gasteiger partial charge in [-0.25, -0.2) is 0 Å². The molecule has 0 bridgehead atoms. The fourth-order valence-electron chi connectivity index (χ4n) is 6.41. The lowest BCUT2D eigenvalue weighted by Gasteiger charge is -2.28. The minimum Gasteiger partial charge on any atom is -0.460 e. The first-order chi connectivity index (χ1) is 24.5. The van der Waals surface area contributed by atoms with Gasteiger partial charge in [0, 0.05) is 24.5 Å². The fourth-order valence-corrected chi connectivity index (χ4v) is 7.04. The third kappa shape index (κ3) is 34.2. The van der Waals surface area contributed by atoms with Crippen LogP contribution in [0.15, 0.2) is 0 Å². The van der Waals surface area contributed by atoms with Gasteiger partial charge in [0.05, 0.1) is 13.9 Å². The highest BCUT2D eigenvalue weighted by atomic mass is 32.7. The van der Waals surface area contributed by atoms with Crippen molar-refractivity contribution in [3.05, 3.63) is 0 Å². The van der Waals surface area contributed by atoms with E-state index in [1.54, 1.807) is 0 Å². The molecule has 283 valence electrons. The molecule has 0 saturated carbocycles. The van der Waals surface area contributed by atoms with Crippen LogP contribution in [0.4, 0.5) is 0 Å². The van der Waals surface area contributed by atoms with Gasteiger partial charge in [-0.15, -0.1) is 0 Å². The minimum absolute atomic E-state index is 0.0215. The van der Waals surface area contributed by atoms with Crippen LogP contribution in [0.25, 0.3) is 0 Å². The maximum atomic E-state index is 13.2. The minimum atomic E-state index is -1.46. The molecule has 1 radical (unpaired) electrons. The summed E-state index contributed by atoms with van der Waals surface area (Å²) in [6.07, 6.45) is 36.5. The van der Waals surface area contributed by atoms with Gasteiger partial charge in [0.2, 0.25) is 5.91 Å². The largest absolute Gasteiger partial charge is 0.460 e. The molecular weight excluding hydrogens is 632 g/mol. The molecule has 0 fully saturated rings. The Kier molecular flexibility index (Phi) is 36.2. The highest BCUT2D eigenvalue weighted by molar-refractivity contribution is 8.53. The molecule has 1 N–H and O–H groups in total. The summed E-state index contributed by atoms with van der Waals surface area (Å²) >= 11 is 0.971. The summed E-state index contributed by atoms with van der Waals surface area (Å²) in [6, 6.07) is -0.460. The van der Waals surface area contributed by atoms with Crippen molar-refractivity contribution in [2.24, 2.45) is 0 Å². The lowest BCUT2D eigenvalue weighted by atomic mass is 10.0. The lowest BCUT2D eigenvalue weighted by Crippen LogP contribution is -2.48. The summed E-state index contributed by atoms with van der Waals surface area (Å²) in [5, 5.41) is 3.17. The van der Waals surface area contributed by atoms with Crippen molar-refractivity contribution < 1.29 is 18.5 Å². The standard InChI is InChI=1S/C40H80BNO4PS/c1-4-7-10-13-16-19-20-23-25-28-31-34-39(43)42-37(36-45-48-47-41)38(33-30-27-24-21-17-14-11-8-5-2)46-40(44)35-32-29-26-22-18-15-12-9-6-3/h37-38,41,47H,4-36H2,1-3H3,(H,42,43)/t37-,38-,47?/m0/s1/i41T,47D. The summed E-state index contributed by atoms with van der Waals surface area (Å²) in [6.45, 7) is 6.91. The van der Waals surface area contributed by atoms with Gasteiger partial charge in [-0.05, 0) is 27.0 Å². The second kappa shape index (κ2) is 39.5. The van der Waals surface area contributed by atoms with Gasteiger partial charge in [-0.2, -0.15) is 0 Å². The molecule has 8 heteroatoms. The van der Waals surface area contributed by atoms with E-state index in [1.807, 2.05) is 0 Å². The first kappa shape index (κ1) is 43.9. The van der Waals surface area contributed by atoms with Gasteiger partial charge in [-0.1, -0.05) is 195 Å². The third-order valence-electron chi connectivity index (χ3n) is 9.51. The summed E-state index contributed by atoms with van der Waals surface area (Å²) < 4.78 is 27.2. The van der Waals surface area contributed by atoms with E-state index < -0.39 is 19.8 Å². The number of rotatable bonds is 40. The van der Waals surface area contributed by atoms with Gasteiger partial charge < -0.3 is 14.2 Å². The van der Waals surface area contributed by atoms with Gasteiger partial charge in [0.15, 0.2) is 0 Å². The Morgan fingerprint density at radius 2 is 1.04 bits per heavy atom. The number of carbonyl (C=O) groups is 2. The van der Waals surface area contributed by atoms with Gasteiger partial charge in [-0.3, -0.25) is 9.59 Å². The van der Waals surface area contributed by atoms with Crippen LogP contribution in [-0.2, 0) is 18.5 Å². The molecule has 5 nitrogen and oxygen atoms in total. The number of ether oxygens (including phenoxy) is 1. The topological polar surface area (TPSA) is 64.6 Å². The van der Waals surface area contributed by atoms with Crippen molar-refractivity contribution in [3.8, 4) is 0 Å². The molecule has 1 amide bonds. The molecule has 0 spiro atoms. The lowest BCUT2D eigenvalue weighted by molar-refractivity contribution is -0.152. The van der Waals surface area contributed by atoms with Crippen LogP contribution in [0.2, 0.25) is 0 Å². The zero-order valence-electron chi connectivity index (χ0n) is 34.1. The summed E-state index contributed by atoms with van der Waals surface area (Å²) in [5.74, 6) is -0.208. The highest BCUT2D eigenvalue weighted by Gasteiger charge is 2.27. The van der Waals surface area contributed by atoms with Crippen LogP contribution in [0.3, 0.4) is 0 Å². The summed E-state index contributed by atoms with van der Waals surface area (Å²) in [4.78, 5) is 26.2. The molecule has 0 saturated heterocycles. The molecule has 0 aliphatic rings. The molecule has 0 rings (SSSR count). The maximum Gasteiger partial charge on any atom is 0.306 e. The Labute approximate surface area is 309 Å². The SMILES string of the molecule is [2H]P([B][3H])SOC[C@H](NC(=O)CCCCCCCCCCCCC)[C@H](CCCCCCCCCCC)OC(=O)CCCCCCCCCCC. The Hall–Kier alpha value is -0.255. The van der Waals surface area contributed by atoms with Crippen LogP contribution in [-0.4, -0.2) is 40.8 Å². The molecule has 1 unspecified atom stereocenters. The predicted molar refractivity (Wildman–Crippen MR) is 216 cm³/mol. The van der Waals surface area contributed by atoms with Crippen molar-refractivity contribution in [3.63, 3.8) is 0 Å². The fraction of sp³-hybridized carbons (Fsp3) is 0.950. The van der Waals surface area contributed by atoms with Crippen LogP contribution in [0, 0.1) is 0 Å². The number of hydrogen-bond acceptors (Lipinski definition) is 5. The first-order valence-corrected chi connectivity index (χ1v) is 23.1. The molecule has 0 aromatic heterocycles. The van der Waals surface area contributed by atoms with Gasteiger partial charge >= 0.3 is 5.97 Å². The van der Waals surface area contributed by atoms with Crippen molar-refractivity contribution in [1.29, 1.82) is 2.61 Å². The summed E-state index contributed by atoms with van der Waals surface area (Å²) in [7, 11) is -0.376. The zero-order valence-corrected chi connectivity index (χ0v) is 33.8. The first-order valence-electron chi connectivity index (χ1n) is 21.8. The number of unbranched alkanes of at least 4 members (excludes halogenated alkanes) is 26. The Morgan fingerprint density at radius 3 is 1.48 bits per heavy atom. The van der Waals surface area contributed by atoms with Crippen LogP contribution in [0.1, 0.15) is 226 Å². The van der Waals surface area contributed by atoms with E-state index in [0.717, 1.165) is 64.1 Å². The Bertz CT molecular complexity index is 745. The predicted octanol–water partition coefficient (Wildman–Crippen LogP) is 13.0. The number of hydrogen-bond donors (Lipinski definition) is 1. The highest BCUT2D eigenvalue weighted by Crippen LogP contribution is 2.26. The van der Waals surface area contributed by atoms with E-state index in [-0.39, 0.29) is 18.5 Å². The average Bonchev–Trinajstić information content (AvgIpc) is 3.11. The molecule has 0 aromatic carbocycles. The van der Waals surface area contributed by atoms with Crippen molar-refractivity contribution in [1.82, 2.24) is 5.32 Å². The molecule has 0 aliphatic heterocycles. The van der Waals surface area contributed by atoms with Gasteiger partial charge in [0.25, 0.3) is 0 Å². The van der Waals surface area contributed by atoms with E-state index in [9.17, 15) is 9.59 Å². The van der Waals surface area contributed by atoms with Crippen LogP contribution >= 0.6 is 19.3 Å². The van der Waals surface area contributed by atoms with E-state index in [2.05, 4.69) is 26.1 Å². The van der Waals surface area contributed by atoms with Crippen molar-refractivity contribution >= 4 is 38.7 Å².